The summed E-state index contributed by atoms with van der Waals surface area (Å²) >= 11 is 1.69. The number of nitrogens with one attached hydrogen (secondary N) is 1. The van der Waals surface area contributed by atoms with Gasteiger partial charge in [-0.2, -0.15) is 0 Å². The molecule has 4 heteroatoms. The van der Waals surface area contributed by atoms with Crippen LogP contribution in [0.25, 0.3) is 0 Å². The third kappa shape index (κ3) is 3.17. The van der Waals surface area contributed by atoms with E-state index in [9.17, 15) is 0 Å². The number of nitrogens with zero attached hydrogens (tertiary/aromatic N) is 1. The monoisotopic (exact) mass is 260 g/mol. The second-order valence-corrected chi connectivity index (χ2v) is 4.59. The van der Waals surface area contributed by atoms with Crippen LogP contribution in [0.5, 0.6) is 5.75 Å². The lowest BCUT2D eigenvalue weighted by molar-refractivity contribution is 0.299. The van der Waals surface area contributed by atoms with E-state index in [1.165, 1.54) is 0 Å². The Morgan fingerprint density at radius 2 is 2.11 bits per heavy atom. The van der Waals surface area contributed by atoms with Gasteiger partial charge in [0, 0.05) is 18.1 Å². The Labute approximate surface area is 112 Å². The van der Waals surface area contributed by atoms with Crippen LogP contribution in [0.15, 0.2) is 47.5 Å². The standard InChI is InChI=1S/C14H16N2OS/c1-15-14-9-11(7-8-16-14)10-17-12-5-3-4-6-13(12)18-2/h3-9H,10H2,1-2H3,(H,15,16). The van der Waals surface area contributed by atoms with Gasteiger partial charge in [0.05, 0.1) is 0 Å². The SMILES string of the molecule is CNc1cc(COc2ccccc2SC)ccn1. The molecular weight excluding hydrogens is 244 g/mol. The molecular formula is C14H16N2OS. The van der Waals surface area contributed by atoms with Crippen molar-refractivity contribution in [2.45, 2.75) is 11.5 Å². The number of ether oxygens (including phenoxy) is 1. The number of aromatic nitrogens is 1. The first-order valence-corrected chi connectivity index (χ1v) is 6.94. The van der Waals surface area contributed by atoms with Crippen molar-refractivity contribution in [2.24, 2.45) is 0 Å². The minimum absolute atomic E-state index is 0.550. The molecule has 3 nitrogen and oxygen atoms in total. The third-order valence-electron chi connectivity index (χ3n) is 2.54. The van der Waals surface area contributed by atoms with E-state index in [1.807, 2.05) is 43.6 Å². The highest BCUT2D eigenvalue weighted by Gasteiger charge is 2.02. The van der Waals surface area contributed by atoms with Crippen molar-refractivity contribution in [3.63, 3.8) is 0 Å². The zero-order chi connectivity index (χ0) is 12.8. The molecule has 18 heavy (non-hydrogen) atoms. The summed E-state index contributed by atoms with van der Waals surface area (Å²) in [5.74, 6) is 1.78. The molecule has 0 radical (unpaired) electrons. The first kappa shape index (κ1) is 12.8. The molecule has 1 N–H and O–H groups in total. The maximum atomic E-state index is 5.84. The van der Waals surface area contributed by atoms with Crippen LogP contribution in [0.3, 0.4) is 0 Å². The van der Waals surface area contributed by atoms with Gasteiger partial charge in [-0.05, 0) is 36.1 Å². The van der Waals surface area contributed by atoms with Crippen molar-refractivity contribution in [3.8, 4) is 5.75 Å². The highest BCUT2D eigenvalue weighted by molar-refractivity contribution is 7.98. The molecule has 0 amide bonds. The quantitative estimate of drug-likeness (QED) is 0.835. The average molecular weight is 260 g/mol. The number of hydrogen-bond donors (Lipinski definition) is 1. The Morgan fingerprint density at radius 3 is 2.89 bits per heavy atom. The van der Waals surface area contributed by atoms with Gasteiger partial charge in [-0.1, -0.05) is 12.1 Å². The second kappa shape index (κ2) is 6.31. The van der Waals surface area contributed by atoms with Gasteiger partial charge in [0.2, 0.25) is 0 Å². The van der Waals surface area contributed by atoms with E-state index in [-0.39, 0.29) is 0 Å². The highest BCUT2D eigenvalue weighted by Crippen LogP contribution is 2.27. The van der Waals surface area contributed by atoms with Gasteiger partial charge in [-0.25, -0.2) is 4.98 Å². The first-order chi connectivity index (χ1) is 8.83. The molecule has 1 heterocycles. The fourth-order valence-corrected chi connectivity index (χ4v) is 2.14. The molecule has 0 aliphatic carbocycles. The largest absolute Gasteiger partial charge is 0.488 e. The first-order valence-electron chi connectivity index (χ1n) is 5.72. The van der Waals surface area contributed by atoms with Crippen molar-refractivity contribution < 1.29 is 4.74 Å². The smallest absolute Gasteiger partial charge is 0.133 e. The molecule has 0 spiro atoms. The van der Waals surface area contributed by atoms with Crippen molar-refractivity contribution in [1.82, 2.24) is 4.98 Å². The fourth-order valence-electron chi connectivity index (χ4n) is 1.60. The Hall–Kier alpha value is -1.68. The van der Waals surface area contributed by atoms with E-state index in [4.69, 9.17) is 4.74 Å². The Kier molecular flexibility index (Phi) is 4.47. The van der Waals surface area contributed by atoms with Crippen LogP contribution >= 0.6 is 11.8 Å². The summed E-state index contributed by atoms with van der Waals surface area (Å²) in [6, 6.07) is 12.0. The maximum absolute atomic E-state index is 5.84. The van der Waals surface area contributed by atoms with Crippen molar-refractivity contribution in [3.05, 3.63) is 48.2 Å². The van der Waals surface area contributed by atoms with E-state index >= 15 is 0 Å². The fraction of sp³-hybridized carbons (Fsp3) is 0.214. The third-order valence-corrected chi connectivity index (χ3v) is 3.32. The predicted octanol–water partition coefficient (Wildman–Crippen LogP) is 3.42. The lowest BCUT2D eigenvalue weighted by atomic mass is 10.3. The van der Waals surface area contributed by atoms with Crippen LogP contribution in [-0.2, 0) is 6.61 Å². The Morgan fingerprint density at radius 1 is 1.28 bits per heavy atom. The average Bonchev–Trinajstić information content (AvgIpc) is 2.45. The van der Waals surface area contributed by atoms with Crippen LogP contribution in [0.1, 0.15) is 5.56 Å². The molecule has 0 unspecified atom stereocenters. The summed E-state index contributed by atoms with van der Waals surface area (Å²) in [7, 11) is 1.86. The van der Waals surface area contributed by atoms with E-state index < -0.39 is 0 Å². The maximum Gasteiger partial charge on any atom is 0.133 e. The molecule has 0 aliphatic rings. The molecule has 0 saturated heterocycles. The molecule has 94 valence electrons. The Bertz CT molecular complexity index is 517. The number of hydrogen-bond acceptors (Lipinski definition) is 4. The lowest BCUT2D eigenvalue weighted by Gasteiger charge is -2.10. The van der Waals surface area contributed by atoms with E-state index in [0.29, 0.717) is 6.61 Å². The molecule has 0 fully saturated rings. The summed E-state index contributed by atoms with van der Waals surface area (Å²) in [5, 5.41) is 3.02. The Balaban J connectivity index is 2.06. The highest BCUT2D eigenvalue weighted by atomic mass is 32.2. The van der Waals surface area contributed by atoms with Crippen LogP contribution < -0.4 is 10.1 Å². The van der Waals surface area contributed by atoms with Crippen LogP contribution in [0, 0.1) is 0 Å². The van der Waals surface area contributed by atoms with Crippen molar-refractivity contribution >= 4 is 17.6 Å². The summed E-state index contributed by atoms with van der Waals surface area (Å²) in [6.45, 7) is 0.550. The molecule has 0 atom stereocenters. The summed E-state index contributed by atoms with van der Waals surface area (Å²) in [6.07, 6.45) is 3.83. The van der Waals surface area contributed by atoms with E-state index in [0.717, 1.165) is 22.0 Å². The number of pyridine rings is 1. The minimum Gasteiger partial charge on any atom is -0.488 e. The topological polar surface area (TPSA) is 34.1 Å². The van der Waals surface area contributed by atoms with Gasteiger partial charge in [0.15, 0.2) is 0 Å². The number of thioether (sulfide) groups is 1. The zero-order valence-electron chi connectivity index (χ0n) is 10.5. The zero-order valence-corrected chi connectivity index (χ0v) is 11.3. The van der Waals surface area contributed by atoms with E-state index in [1.54, 1.807) is 18.0 Å². The molecule has 1 aromatic carbocycles. The van der Waals surface area contributed by atoms with Gasteiger partial charge in [0.25, 0.3) is 0 Å². The molecule has 0 aliphatic heterocycles. The molecule has 1 aromatic heterocycles. The number of benzene rings is 1. The van der Waals surface area contributed by atoms with Crippen molar-refractivity contribution in [1.29, 1.82) is 0 Å². The van der Waals surface area contributed by atoms with Crippen LogP contribution in [0.4, 0.5) is 5.82 Å². The summed E-state index contributed by atoms with van der Waals surface area (Å²) in [4.78, 5) is 5.33. The number of rotatable bonds is 5. The van der Waals surface area contributed by atoms with Gasteiger partial charge in [0.1, 0.15) is 18.2 Å². The molecule has 0 saturated carbocycles. The molecule has 2 rings (SSSR count). The summed E-state index contributed by atoms with van der Waals surface area (Å²) in [5.41, 5.74) is 1.10. The van der Waals surface area contributed by atoms with Crippen LogP contribution in [-0.4, -0.2) is 18.3 Å². The number of para-hydroxylation sites is 1. The normalized spacial score (nSPS) is 10.1. The minimum atomic E-state index is 0.550. The van der Waals surface area contributed by atoms with Crippen molar-refractivity contribution in [2.75, 3.05) is 18.6 Å². The van der Waals surface area contributed by atoms with Gasteiger partial charge in [-0.3, -0.25) is 0 Å². The lowest BCUT2D eigenvalue weighted by Crippen LogP contribution is -1.99. The van der Waals surface area contributed by atoms with Crippen LogP contribution in [0.2, 0.25) is 0 Å². The number of anilines is 1. The van der Waals surface area contributed by atoms with Gasteiger partial charge >= 0.3 is 0 Å². The van der Waals surface area contributed by atoms with Gasteiger partial charge in [-0.15, -0.1) is 11.8 Å². The van der Waals surface area contributed by atoms with E-state index in [2.05, 4.69) is 16.4 Å². The molecule has 2 aromatic rings. The van der Waals surface area contributed by atoms with Gasteiger partial charge < -0.3 is 10.1 Å². The predicted molar refractivity (Wildman–Crippen MR) is 76.3 cm³/mol. The second-order valence-electron chi connectivity index (χ2n) is 3.74. The molecule has 0 bridgehead atoms. The summed E-state index contributed by atoms with van der Waals surface area (Å²) < 4.78 is 5.84.